The van der Waals surface area contributed by atoms with Gasteiger partial charge in [-0.3, -0.25) is 0 Å². The normalized spacial score (nSPS) is 22.6. The van der Waals surface area contributed by atoms with E-state index >= 15 is 0 Å². The van der Waals surface area contributed by atoms with Crippen LogP contribution in [0.5, 0.6) is 5.75 Å². The van der Waals surface area contributed by atoms with E-state index in [9.17, 15) is 9.90 Å². The van der Waals surface area contributed by atoms with Gasteiger partial charge in [0.1, 0.15) is 6.26 Å². The summed E-state index contributed by atoms with van der Waals surface area (Å²) in [5, 5.41) is 11.4. The van der Waals surface area contributed by atoms with Gasteiger partial charge in [0.2, 0.25) is 0 Å². The number of anilines is 2. The Morgan fingerprint density at radius 2 is 1.80 bits per heavy atom. The largest absolute Gasteiger partial charge is 0.505 e. The number of para-hydroxylation sites is 1. The number of hydrogen-bond acceptors (Lipinski definition) is 5. The molecule has 0 spiro atoms. The first-order chi connectivity index (χ1) is 14.7. The minimum absolute atomic E-state index is 0.115. The average molecular weight is 410 g/mol. The molecule has 1 aliphatic heterocycles. The maximum Gasteiger partial charge on any atom is 0.363 e. The van der Waals surface area contributed by atoms with Crippen molar-refractivity contribution in [3.05, 3.63) is 52.6 Å². The lowest BCUT2D eigenvalue weighted by Crippen LogP contribution is -2.26. The van der Waals surface area contributed by atoms with Gasteiger partial charge < -0.3 is 19.2 Å². The molecule has 3 aliphatic rings. The molecule has 0 amide bonds. The molecule has 2 heterocycles. The summed E-state index contributed by atoms with van der Waals surface area (Å²) in [7, 11) is 0. The maximum absolute atomic E-state index is 12.8. The Morgan fingerprint density at radius 3 is 2.47 bits per heavy atom. The number of rotatable bonds is 8. The van der Waals surface area contributed by atoms with Gasteiger partial charge in [-0.1, -0.05) is 31.0 Å². The Balaban J connectivity index is 1.50. The van der Waals surface area contributed by atoms with Crippen LogP contribution in [0.2, 0.25) is 0 Å². The molecule has 0 radical (unpaired) electrons. The molecule has 2 aliphatic carbocycles. The van der Waals surface area contributed by atoms with Crippen molar-refractivity contribution in [3.8, 4) is 5.75 Å². The fraction of sp³-hybridized carbons (Fsp3) is 0.560. The van der Waals surface area contributed by atoms with E-state index in [-0.39, 0.29) is 17.7 Å². The zero-order valence-corrected chi connectivity index (χ0v) is 17.5. The first kappa shape index (κ1) is 19.7. The van der Waals surface area contributed by atoms with Crippen LogP contribution in [0.1, 0.15) is 62.8 Å². The van der Waals surface area contributed by atoms with Crippen LogP contribution in [-0.4, -0.2) is 24.4 Å². The molecule has 1 N–H and O–H groups in total. The molecule has 5 nitrogen and oxygen atoms in total. The van der Waals surface area contributed by atoms with Gasteiger partial charge in [-0.2, -0.15) is 0 Å². The zero-order chi connectivity index (χ0) is 20.5. The van der Waals surface area contributed by atoms with E-state index in [0.717, 1.165) is 62.5 Å². The number of benzene rings is 1. The number of aromatic hydroxyl groups is 1. The summed E-state index contributed by atoms with van der Waals surface area (Å²) in [6.45, 7) is 1.65. The highest BCUT2D eigenvalue weighted by Gasteiger charge is 2.37. The predicted octanol–water partition coefficient (Wildman–Crippen LogP) is 5.35. The van der Waals surface area contributed by atoms with Crippen molar-refractivity contribution in [3.63, 3.8) is 0 Å². The van der Waals surface area contributed by atoms with Crippen LogP contribution in [0.25, 0.3) is 0 Å². The van der Waals surface area contributed by atoms with E-state index in [2.05, 4.69) is 0 Å². The van der Waals surface area contributed by atoms with Crippen molar-refractivity contribution >= 4 is 11.4 Å². The molecule has 2 unspecified atom stereocenters. The summed E-state index contributed by atoms with van der Waals surface area (Å²) in [5.74, 6) is 1.54. The lowest BCUT2D eigenvalue weighted by Gasteiger charge is -2.29. The molecule has 30 heavy (non-hydrogen) atoms. The van der Waals surface area contributed by atoms with E-state index in [1.807, 2.05) is 35.2 Å². The zero-order valence-electron chi connectivity index (χ0n) is 17.5. The molecule has 2 atom stereocenters. The summed E-state index contributed by atoms with van der Waals surface area (Å²) in [6.07, 6.45) is 10.4. The number of ether oxygens (including phenoxy) is 1. The Kier molecular flexibility index (Phi) is 5.55. The summed E-state index contributed by atoms with van der Waals surface area (Å²) in [4.78, 5) is 14.8. The van der Waals surface area contributed by atoms with E-state index in [4.69, 9.17) is 9.15 Å². The second-order valence-electron chi connectivity index (χ2n) is 9.31. The van der Waals surface area contributed by atoms with Crippen LogP contribution in [0.3, 0.4) is 0 Å². The Morgan fingerprint density at radius 1 is 1.03 bits per heavy atom. The minimum atomic E-state index is -0.460. The van der Waals surface area contributed by atoms with Gasteiger partial charge in [0, 0.05) is 30.5 Å². The average Bonchev–Trinajstić information content (AvgIpc) is 3.67. The van der Waals surface area contributed by atoms with E-state index in [0.29, 0.717) is 11.6 Å². The fourth-order valence-corrected chi connectivity index (χ4v) is 4.91. The van der Waals surface area contributed by atoms with Crippen LogP contribution < -0.4 is 10.5 Å². The van der Waals surface area contributed by atoms with Gasteiger partial charge in [-0.05, 0) is 68.4 Å². The van der Waals surface area contributed by atoms with Crippen LogP contribution in [0, 0.1) is 11.8 Å². The molecule has 0 bridgehead atoms. The summed E-state index contributed by atoms with van der Waals surface area (Å²) in [6, 6.07) is 10.1. The topological polar surface area (TPSA) is 62.9 Å². The van der Waals surface area contributed by atoms with Crippen LogP contribution in [-0.2, 0) is 4.74 Å². The maximum atomic E-state index is 12.8. The summed E-state index contributed by atoms with van der Waals surface area (Å²) in [5.41, 5.74) is 1.57. The van der Waals surface area contributed by atoms with Crippen molar-refractivity contribution in [2.24, 2.45) is 11.8 Å². The minimum Gasteiger partial charge on any atom is -0.505 e. The van der Waals surface area contributed by atoms with Crippen molar-refractivity contribution in [1.29, 1.82) is 0 Å². The third kappa shape index (κ3) is 4.27. The third-order valence-corrected chi connectivity index (χ3v) is 6.80. The van der Waals surface area contributed by atoms with Crippen LogP contribution in [0.4, 0.5) is 11.4 Å². The van der Waals surface area contributed by atoms with E-state index in [1.165, 1.54) is 25.5 Å². The van der Waals surface area contributed by atoms with E-state index < -0.39 is 5.63 Å². The first-order valence-corrected chi connectivity index (χ1v) is 11.5. The molecule has 3 fully saturated rings. The lowest BCUT2D eigenvalue weighted by atomic mass is 9.83. The molecular weight excluding hydrogens is 378 g/mol. The van der Waals surface area contributed by atoms with Crippen molar-refractivity contribution in [2.45, 2.75) is 63.3 Å². The quantitative estimate of drug-likeness (QED) is 0.637. The molecule has 160 valence electrons. The van der Waals surface area contributed by atoms with Gasteiger partial charge >= 0.3 is 5.63 Å². The number of hydrogen-bond donors (Lipinski definition) is 1. The highest BCUT2D eigenvalue weighted by Crippen LogP contribution is 2.47. The van der Waals surface area contributed by atoms with Crippen LogP contribution in [0.15, 0.2) is 45.8 Å². The molecule has 2 aromatic rings. The fourth-order valence-electron chi connectivity index (χ4n) is 4.91. The standard InChI is InChI=1S/C25H31NO4/c27-24-22(19(13-17-8-9-17)14-18-5-4-12-29-15-18)16-30-25(28)23(24)26(21-10-11-21)20-6-2-1-3-7-20/h1-3,6-7,16-19,21,27H,4-5,8-15H2. The molecular formula is C25H31NO4. The lowest BCUT2D eigenvalue weighted by molar-refractivity contribution is 0.0481. The van der Waals surface area contributed by atoms with E-state index in [1.54, 1.807) is 0 Å². The smallest absolute Gasteiger partial charge is 0.363 e. The monoisotopic (exact) mass is 409 g/mol. The van der Waals surface area contributed by atoms with Crippen molar-refractivity contribution in [1.82, 2.24) is 0 Å². The predicted molar refractivity (Wildman–Crippen MR) is 116 cm³/mol. The van der Waals surface area contributed by atoms with Gasteiger partial charge in [-0.15, -0.1) is 0 Å². The summed E-state index contributed by atoms with van der Waals surface area (Å²) >= 11 is 0. The van der Waals surface area contributed by atoms with Gasteiger partial charge in [-0.25, -0.2) is 4.79 Å². The second-order valence-corrected chi connectivity index (χ2v) is 9.31. The highest BCUT2D eigenvalue weighted by molar-refractivity contribution is 5.70. The second kappa shape index (κ2) is 8.46. The molecule has 1 saturated heterocycles. The summed E-state index contributed by atoms with van der Waals surface area (Å²) < 4.78 is 11.2. The van der Waals surface area contributed by atoms with Crippen molar-refractivity contribution < 1.29 is 14.3 Å². The molecule has 1 aromatic heterocycles. The number of nitrogens with zero attached hydrogens (tertiary/aromatic N) is 1. The Bertz CT molecular complexity index is 910. The first-order valence-electron chi connectivity index (χ1n) is 11.5. The molecule has 5 heteroatoms. The van der Waals surface area contributed by atoms with Gasteiger partial charge in [0.15, 0.2) is 11.4 Å². The molecule has 5 rings (SSSR count). The SMILES string of the molecule is O=c1occ(C(CC2CC2)CC2CCCOC2)c(O)c1N(c1ccccc1)C1CC1. The van der Waals surface area contributed by atoms with Crippen LogP contribution >= 0.6 is 0 Å². The third-order valence-electron chi connectivity index (χ3n) is 6.80. The van der Waals surface area contributed by atoms with Gasteiger partial charge in [0.25, 0.3) is 0 Å². The highest BCUT2D eigenvalue weighted by atomic mass is 16.5. The Labute approximate surface area is 177 Å². The van der Waals surface area contributed by atoms with Crippen molar-refractivity contribution in [2.75, 3.05) is 18.1 Å². The Hall–Kier alpha value is -2.27. The molecule has 2 saturated carbocycles. The molecule has 1 aromatic carbocycles. The van der Waals surface area contributed by atoms with Gasteiger partial charge in [0.05, 0.1) is 0 Å².